The van der Waals surface area contributed by atoms with E-state index in [0.29, 0.717) is 0 Å². The Bertz CT molecular complexity index is 865. The highest BCUT2D eigenvalue weighted by atomic mass is 32.1. The molecule has 0 radical (unpaired) electrons. The van der Waals surface area contributed by atoms with Gasteiger partial charge in [0, 0.05) is 5.56 Å². The molecule has 0 unspecified atom stereocenters. The first-order valence-corrected chi connectivity index (χ1v) is 7.89. The van der Waals surface area contributed by atoms with E-state index in [4.69, 9.17) is 4.74 Å². The van der Waals surface area contributed by atoms with Crippen LogP contribution in [0.1, 0.15) is 0 Å². The van der Waals surface area contributed by atoms with Gasteiger partial charge in [-0.15, -0.1) is 11.3 Å². The molecule has 0 aliphatic carbocycles. The lowest BCUT2D eigenvalue weighted by molar-refractivity contribution is 0.483. The van der Waals surface area contributed by atoms with E-state index in [1.54, 1.807) is 11.3 Å². The number of rotatable bonds is 3. The molecule has 106 valence electrons. The summed E-state index contributed by atoms with van der Waals surface area (Å²) in [5.74, 6) is 1.67. The number of para-hydroxylation sites is 2. The number of aromatic nitrogens is 1. The van der Waals surface area contributed by atoms with Gasteiger partial charge in [0.2, 0.25) is 0 Å². The van der Waals surface area contributed by atoms with Crippen molar-refractivity contribution in [3.05, 3.63) is 78.9 Å². The number of benzene rings is 3. The topological polar surface area (TPSA) is 22.1 Å². The van der Waals surface area contributed by atoms with Crippen molar-refractivity contribution in [1.82, 2.24) is 4.98 Å². The summed E-state index contributed by atoms with van der Waals surface area (Å²) < 4.78 is 7.02. The van der Waals surface area contributed by atoms with Gasteiger partial charge in [0.15, 0.2) is 0 Å². The van der Waals surface area contributed by atoms with Crippen molar-refractivity contribution in [3.8, 4) is 22.1 Å². The average Bonchev–Trinajstić information content (AvgIpc) is 3.00. The molecule has 0 aliphatic rings. The van der Waals surface area contributed by atoms with Crippen LogP contribution < -0.4 is 4.74 Å². The zero-order valence-corrected chi connectivity index (χ0v) is 12.6. The standard InChI is InChI=1S/C19H13NOS/c1-2-6-15(7-3-1)21-16-12-10-14(11-13-16)19-20-17-8-4-5-9-18(17)22-19/h1-13H. The molecule has 4 aromatic rings. The van der Waals surface area contributed by atoms with Gasteiger partial charge in [0.25, 0.3) is 0 Å². The average molecular weight is 303 g/mol. The zero-order valence-electron chi connectivity index (χ0n) is 11.8. The molecule has 1 aromatic heterocycles. The van der Waals surface area contributed by atoms with Crippen molar-refractivity contribution in [2.75, 3.05) is 0 Å². The molecule has 0 bridgehead atoms. The summed E-state index contributed by atoms with van der Waals surface area (Å²) in [6.45, 7) is 0. The van der Waals surface area contributed by atoms with Gasteiger partial charge >= 0.3 is 0 Å². The molecule has 3 aromatic carbocycles. The van der Waals surface area contributed by atoms with Gasteiger partial charge in [-0.05, 0) is 48.5 Å². The van der Waals surface area contributed by atoms with E-state index in [-0.39, 0.29) is 0 Å². The van der Waals surface area contributed by atoms with Crippen LogP contribution in [-0.4, -0.2) is 4.98 Å². The van der Waals surface area contributed by atoms with Crippen LogP contribution >= 0.6 is 11.3 Å². The Morgan fingerprint density at radius 3 is 2.14 bits per heavy atom. The molecule has 0 fully saturated rings. The highest BCUT2D eigenvalue weighted by Crippen LogP contribution is 2.31. The Balaban J connectivity index is 1.61. The SMILES string of the molecule is c1ccc(Oc2ccc(-c3nc4ccccc4s3)cc2)cc1. The zero-order chi connectivity index (χ0) is 14.8. The number of hydrogen-bond donors (Lipinski definition) is 0. The van der Waals surface area contributed by atoms with Crippen LogP contribution in [0.25, 0.3) is 20.8 Å². The Hall–Kier alpha value is -2.65. The molecule has 3 heteroatoms. The Kier molecular flexibility index (Phi) is 3.33. The molecule has 0 atom stereocenters. The Morgan fingerprint density at radius 2 is 1.36 bits per heavy atom. The molecule has 0 saturated heterocycles. The van der Waals surface area contributed by atoms with Gasteiger partial charge in [-0.1, -0.05) is 30.3 Å². The van der Waals surface area contributed by atoms with Gasteiger partial charge in [0.1, 0.15) is 16.5 Å². The van der Waals surface area contributed by atoms with E-state index >= 15 is 0 Å². The molecule has 4 rings (SSSR count). The van der Waals surface area contributed by atoms with Crippen molar-refractivity contribution in [1.29, 1.82) is 0 Å². The van der Waals surface area contributed by atoms with Gasteiger partial charge in [0.05, 0.1) is 10.2 Å². The fraction of sp³-hybridized carbons (Fsp3) is 0. The maximum Gasteiger partial charge on any atom is 0.127 e. The van der Waals surface area contributed by atoms with Crippen LogP contribution in [0.3, 0.4) is 0 Å². The van der Waals surface area contributed by atoms with Gasteiger partial charge in [-0.3, -0.25) is 0 Å². The highest BCUT2D eigenvalue weighted by molar-refractivity contribution is 7.21. The first kappa shape index (κ1) is 13.0. The minimum atomic E-state index is 0.830. The van der Waals surface area contributed by atoms with Gasteiger partial charge in [-0.2, -0.15) is 0 Å². The van der Waals surface area contributed by atoms with Crippen molar-refractivity contribution in [2.45, 2.75) is 0 Å². The number of thiazole rings is 1. The molecule has 1 heterocycles. The van der Waals surface area contributed by atoms with Crippen LogP contribution in [0.2, 0.25) is 0 Å². The largest absolute Gasteiger partial charge is 0.457 e. The summed E-state index contributed by atoms with van der Waals surface area (Å²) in [4.78, 5) is 4.67. The predicted molar refractivity (Wildman–Crippen MR) is 91.6 cm³/mol. The molecule has 0 spiro atoms. The van der Waals surface area contributed by atoms with Crippen LogP contribution in [0.4, 0.5) is 0 Å². The minimum Gasteiger partial charge on any atom is -0.457 e. The number of nitrogens with zero attached hydrogens (tertiary/aromatic N) is 1. The third-order valence-corrected chi connectivity index (χ3v) is 4.46. The maximum atomic E-state index is 5.81. The van der Waals surface area contributed by atoms with Crippen molar-refractivity contribution in [2.24, 2.45) is 0 Å². The van der Waals surface area contributed by atoms with Gasteiger partial charge < -0.3 is 4.74 Å². The lowest BCUT2D eigenvalue weighted by atomic mass is 10.2. The molecule has 0 amide bonds. The van der Waals surface area contributed by atoms with Crippen LogP contribution in [0, 0.1) is 0 Å². The third-order valence-electron chi connectivity index (χ3n) is 3.37. The third kappa shape index (κ3) is 2.59. The summed E-state index contributed by atoms with van der Waals surface area (Å²) in [5.41, 5.74) is 2.16. The summed E-state index contributed by atoms with van der Waals surface area (Å²) in [6.07, 6.45) is 0. The van der Waals surface area contributed by atoms with Gasteiger partial charge in [-0.25, -0.2) is 4.98 Å². The predicted octanol–water partition coefficient (Wildman–Crippen LogP) is 5.76. The first-order chi connectivity index (χ1) is 10.9. The second kappa shape index (κ2) is 5.62. The number of hydrogen-bond acceptors (Lipinski definition) is 3. The molecule has 0 saturated carbocycles. The highest BCUT2D eigenvalue weighted by Gasteiger charge is 2.06. The van der Waals surface area contributed by atoms with Crippen molar-refractivity contribution in [3.63, 3.8) is 0 Å². The molecule has 0 N–H and O–H groups in total. The quantitative estimate of drug-likeness (QED) is 0.480. The van der Waals surface area contributed by atoms with E-state index < -0.39 is 0 Å². The van der Waals surface area contributed by atoms with E-state index in [1.807, 2.05) is 60.7 Å². The van der Waals surface area contributed by atoms with Crippen molar-refractivity contribution < 1.29 is 4.74 Å². The fourth-order valence-electron chi connectivity index (χ4n) is 2.29. The molecular formula is C19H13NOS. The molecule has 0 aliphatic heterocycles. The first-order valence-electron chi connectivity index (χ1n) is 7.07. The van der Waals surface area contributed by atoms with E-state index in [1.165, 1.54) is 4.70 Å². The second-order valence-corrected chi connectivity index (χ2v) is 5.96. The van der Waals surface area contributed by atoms with Crippen LogP contribution in [0.5, 0.6) is 11.5 Å². The summed E-state index contributed by atoms with van der Waals surface area (Å²) in [7, 11) is 0. The van der Waals surface area contributed by atoms with E-state index in [2.05, 4.69) is 23.2 Å². The Labute approximate surface area is 132 Å². The second-order valence-electron chi connectivity index (χ2n) is 4.93. The lowest BCUT2D eigenvalue weighted by Crippen LogP contribution is -1.83. The minimum absolute atomic E-state index is 0.830. The maximum absolute atomic E-state index is 5.81. The van der Waals surface area contributed by atoms with Crippen LogP contribution in [-0.2, 0) is 0 Å². The number of ether oxygens (including phenoxy) is 1. The van der Waals surface area contributed by atoms with E-state index in [0.717, 1.165) is 27.6 Å². The normalized spacial score (nSPS) is 10.7. The molecule has 22 heavy (non-hydrogen) atoms. The fourth-order valence-corrected chi connectivity index (χ4v) is 3.26. The van der Waals surface area contributed by atoms with Crippen LogP contribution in [0.15, 0.2) is 78.9 Å². The molecule has 2 nitrogen and oxygen atoms in total. The summed E-state index contributed by atoms with van der Waals surface area (Å²) in [6, 6.07) is 26.1. The smallest absolute Gasteiger partial charge is 0.127 e. The summed E-state index contributed by atoms with van der Waals surface area (Å²) >= 11 is 1.71. The lowest BCUT2D eigenvalue weighted by Gasteiger charge is -2.05. The number of fused-ring (bicyclic) bond motifs is 1. The van der Waals surface area contributed by atoms with E-state index in [9.17, 15) is 0 Å². The monoisotopic (exact) mass is 303 g/mol. The molecular weight excluding hydrogens is 290 g/mol. The Morgan fingerprint density at radius 1 is 0.682 bits per heavy atom. The summed E-state index contributed by atoms with van der Waals surface area (Å²) in [5, 5.41) is 1.03. The van der Waals surface area contributed by atoms with Crippen molar-refractivity contribution >= 4 is 21.6 Å².